The van der Waals surface area contributed by atoms with Crippen LogP contribution >= 0.6 is 12.2 Å². The largest absolute Gasteiger partial charge is 0.376 e. The second-order valence-electron chi connectivity index (χ2n) is 3.42. The molecule has 0 aromatic heterocycles. The first-order chi connectivity index (χ1) is 5.75. The minimum atomic E-state index is 0.574. The summed E-state index contributed by atoms with van der Waals surface area (Å²) in [4.78, 5) is 2.16. The zero-order valence-corrected chi connectivity index (χ0v) is 8.57. The molecule has 12 heavy (non-hydrogen) atoms. The van der Waals surface area contributed by atoms with E-state index in [0.29, 0.717) is 11.2 Å². The summed E-state index contributed by atoms with van der Waals surface area (Å²) in [5.74, 6) is 0. The van der Waals surface area contributed by atoms with E-state index in [0.717, 1.165) is 6.54 Å². The first kappa shape index (κ1) is 9.78. The lowest BCUT2D eigenvalue weighted by Gasteiger charge is -2.33. The van der Waals surface area contributed by atoms with Crippen LogP contribution in [-0.4, -0.2) is 22.6 Å². The molecule has 1 aliphatic carbocycles. The lowest BCUT2D eigenvalue weighted by Crippen LogP contribution is -2.44. The maximum Gasteiger partial charge on any atom is 0.166 e. The normalized spacial score (nSPS) is 19.1. The number of hydrogen-bond acceptors (Lipinski definition) is 1. The fourth-order valence-electron chi connectivity index (χ4n) is 1.99. The van der Waals surface area contributed by atoms with Crippen molar-refractivity contribution in [2.45, 2.75) is 45.1 Å². The molecular weight excluding hydrogens is 168 g/mol. The lowest BCUT2D eigenvalue weighted by atomic mass is 9.94. The quantitative estimate of drug-likeness (QED) is 0.668. The molecule has 0 amide bonds. The fourth-order valence-corrected chi connectivity index (χ4v) is 2.26. The lowest BCUT2D eigenvalue weighted by molar-refractivity contribution is 0.253. The molecule has 0 atom stereocenters. The van der Waals surface area contributed by atoms with Crippen LogP contribution in [-0.2, 0) is 0 Å². The van der Waals surface area contributed by atoms with E-state index in [4.69, 9.17) is 18.0 Å². The van der Waals surface area contributed by atoms with E-state index in [1.807, 2.05) is 0 Å². The number of hydrogen-bond donors (Lipinski definition) is 1. The second kappa shape index (κ2) is 4.65. The third-order valence-corrected chi connectivity index (χ3v) is 2.87. The molecule has 0 aliphatic heterocycles. The monoisotopic (exact) mass is 186 g/mol. The summed E-state index contributed by atoms with van der Waals surface area (Å²) in [6.45, 7) is 3.08. The molecule has 1 saturated carbocycles. The van der Waals surface area contributed by atoms with Crippen LogP contribution in [0, 0.1) is 0 Å². The van der Waals surface area contributed by atoms with Crippen LogP contribution < -0.4 is 5.73 Å². The average molecular weight is 186 g/mol. The Labute approximate surface area is 80.1 Å². The Bertz CT molecular complexity index is 153. The van der Waals surface area contributed by atoms with Crippen LogP contribution in [0.1, 0.15) is 39.0 Å². The second-order valence-corrected chi connectivity index (χ2v) is 3.83. The molecular formula is C9H18N2S. The van der Waals surface area contributed by atoms with Crippen molar-refractivity contribution in [2.75, 3.05) is 6.54 Å². The Morgan fingerprint density at radius 3 is 2.42 bits per heavy atom. The zero-order chi connectivity index (χ0) is 8.97. The summed E-state index contributed by atoms with van der Waals surface area (Å²) in [5.41, 5.74) is 5.64. The maximum absolute atomic E-state index is 5.64. The Hall–Kier alpha value is -0.310. The van der Waals surface area contributed by atoms with E-state index in [2.05, 4.69) is 11.8 Å². The van der Waals surface area contributed by atoms with Gasteiger partial charge >= 0.3 is 0 Å². The van der Waals surface area contributed by atoms with Gasteiger partial charge in [0, 0.05) is 12.6 Å². The van der Waals surface area contributed by atoms with E-state index < -0.39 is 0 Å². The molecule has 0 bridgehead atoms. The highest BCUT2D eigenvalue weighted by Crippen LogP contribution is 2.22. The molecule has 0 spiro atoms. The molecule has 0 unspecified atom stereocenters. The molecule has 2 N–H and O–H groups in total. The van der Waals surface area contributed by atoms with Crippen molar-refractivity contribution < 1.29 is 0 Å². The van der Waals surface area contributed by atoms with Gasteiger partial charge in [-0.25, -0.2) is 0 Å². The summed E-state index contributed by atoms with van der Waals surface area (Å²) < 4.78 is 0. The summed E-state index contributed by atoms with van der Waals surface area (Å²) in [5, 5.41) is 0.574. The molecule has 0 aromatic carbocycles. The standard InChI is InChI=1S/C9H18N2S/c1-2-11(9(10)12)8-6-4-3-5-7-8/h8H,2-7H2,1H3,(H2,10,12). The van der Waals surface area contributed by atoms with Gasteiger partial charge in [0.1, 0.15) is 0 Å². The minimum Gasteiger partial charge on any atom is -0.376 e. The molecule has 0 radical (unpaired) electrons. The van der Waals surface area contributed by atoms with Gasteiger partial charge in [-0.05, 0) is 32.0 Å². The number of nitrogens with two attached hydrogens (primary N) is 1. The summed E-state index contributed by atoms with van der Waals surface area (Å²) in [6, 6.07) is 0.626. The summed E-state index contributed by atoms with van der Waals surface area (Å²) >= 11 is 5.00. The first-order valence-electron chi connectivity index (χ1n) is 4.81. The predicted molar refractivity (Wildman–Crippen MR) is 56.0 cm³/mol. The molecule has 1 fully saturated rings. The van der Waals surface area contributed by atoms with Crippen LogP contribution in [0.4, 0.5) is 0 Å². The summed E-state index contributed by atoms with van der Waals surface area (Å²) in [6.07, 6.45) is 6.59. The summed E-state index contributed by atoms with van der Waals surface area (Å²) in [7, 11) is 0. The third-order valence-electron chi connectivity index (χ3n) is 2.64. The van der Waals surface area contributed by atoms with Gasteiger partial charge in [0.05, 0.1) is 0 Å². The van der Waals surface area contributed by atoms with Gasteiger partial charge in [0.2, 0.25) is 0 Å². The first-order valence-corrected chi connectivity index (χ1v) is 5.22. The third kappa shape index (κ3) is 2.34. The van der Waals surface area contributed by atoms with Crippen molar-refractivity contribution in [2.24, 2.45) is 5.73 Å². The molecule has 0 saturated heterocycles. The Morgan fingerprint density at radius 2 is 2.00 bits per heavy atom. The van der Waals surface area contributed by atoms with Crippen LogP contribution in [0.2, 0.25) is 0 Å². The van der Waals surface area contributed by atoms with Crippen LogP contribution in [0.15, 0.2) is 0 Å². The highest BCUT2D eigenvalue weighted by Gasteiger charge is 2.19. The molecule has 2 nitrogen and oxygen atoms in total. The molecule has 1 rings (SSSR count). The number of nitrogens with zero attached hydrogens (tertiary/aromatic N) is 1. The Balaban J connectivity index is 2.46. The molecule has 1 aliphatic rings. The minimum absolute atomic E-state index is 0.574. The SMILES string of the molecule is CCN(C(N)=S)C1CCCCC1. The predicted octanol–water partition coefficient (Wildman–Crippen LogP) is 1.88. The van der Waals surface area contributed by atoms with Crippen molar-refractivity contribution in [3.8, 4) is 0 Å². The number of rotatable bonds is 2. The van der Waals surface area contributed by atoms with Crippen LogP contribution in [0.25, 0.3) is 0 Å². The Morgan fingerprint density at radius 1 is 1.42 bits per heavy atom. The van der Waals surface area contributed by atoms with E-state index in [9.17, 15) is 0 Å². The zero-order valence-electron chi connectivity index (χ0n) is 7.75. The molecule has 3 heteroatoms. The fraction of sp³-hybridized carbons (Fsp3) is 0.889. The molecule has 0 aromatic rings. The van der Waals surface area contributed by atoms with Crippen LogP contribution in [0.3, 0.4) is 0 Å². The van der Waals surface area contributed by atoms with Crippen molar-refractivity contribution in [1.29, 1.82) is 0 Å². The van der Waals surface area contributed by atoms with Crippen molar-refractivity contribution in [3.63, 3.8) is 0 Å². The van der Waals surface area contributed by atoms with Gasteiger partial charge in [0.15, 0.2) is 5.11 Å². The van der Waals surface area contributed by atoms with Crippen molar-refractivity contribution in [3.05, 3.63) is 0 Å². The Kier molecular flexibility index (Phi) is 3.79. The van der Waals surface area contributed by atoms with E-state index in [1.54, 1.807) is 0 Å². The smallest absolute Gasteiger partial charge is 0.166 e. The molecule has 70 valence electrons. The van der Waals surface area contributed by atoms with Gasteiger partial charge in [-0.2, -0.15) is 0 Å². The topological polar surface area (TPSA) is 29.3 Å². The van der Waals surface area contributed by atoms with Gasteiger partial charge in [-0.15, -0.1) is 0 Å². The van der Waals surface area contributed by atoms with Crippen LogP contribution in [0.5, 0.6) is 0 Å². The number of thiocarbonyl (C=S) groups is 1. The van der Waals surface area contributed by atoms with E-state index in [-0.39, 0.29) is 0 Å². The highest BCUT2D eigenvalue weighted by atomic mass is 32.1. The maximum atomic E-state index is 5.64. The van der Waals surface area contributed by atoms with Gasteiger partial charge in [-0.1, -0.05) is 19.3 Å². The van der Waals surface area contributed by atoms with E-state index in [1.165, 1.54) is 32.1 Å². The highest BCUT2D eigenvalue weighted by molar-refractivity contribution is 7.80. The van der Waals surface area contributed by atoms with Crippen molar-refractivity contribution in [1.82, 2.24) is 4.90 Å². The van der Waals surface area contributed by atoms with Gasteiger partial charge in [-0.3, -0.25) is 0 Å². The average Bonchev–Trinajstić information content (AvgIpc) is 2.07. The molecule has 0 heterocycles. The van der Waals surface area contributed by atoms with E-state index >= 15 is 0 Å². The van der Waals surface area contributed by atoms with Gasteiger partial charge in [0.25, 0.3) is 0 Å². The van der Waals surface area contributed by atoms with Crippen molar-refractivity contribution >= 4 is 17.3 Å². The van der Waals surface area contributed by atoms with Gasteiger partial charge < -0.3 is 10.6 Å².